The van der Waals surface area contributed by atoms with E-state index < -0.39 is 4.92 Å². The fourth-order valence-corrected chi connectivity index (χ4v) is 1.71. The molecule has 1 aromatic carbocycles. The van der Waals surface area contributed by atoms with Crippen LogP contribution in [0.5, 0.6) is 0 Å². The van der Waals surface area contributed by atoms with Gasteiger partial charge in [-0.15, -0.1) is 0 Å². The van der Waals surface area contributed by atoms with E-state index in [-0.39, 0.29) is 17.2 Å². The predicted molar refractivity (Wildman–Crippen MR) is 83.8 cm³/mol. The first kappa shape index (κ1) is 15.1. The first-order valence-electron chi connectivity index (χ1n) is 6.33. The lowest BCUT2D eigenvalue weighted by Crippen LogP contribution is -2.10. The summed E-state index contributed by atoms with van der Waals surface area (Å²) in [5.41, 5.74) is 3.35. The van der Waals surface area contributed by atoms with Gasteiger partial charge in [-0.05, 0) is 25.1 Å². The van der Waals surface area contributed by atoms with E-state index in [4.69, 9.17) is 0 Å². The lowest BCUT2D eigenvalue weighted by molar-refractivity contribution is -0.385. The average Bonchev–Trinajstić information content (AvgIpc) is 2.46. The Kier molecular flexibility index (Phi) is 4.76. The monoisotopic (exact) mass is 299 g/mol. The largest absolute Gasteiger partial charge is 0.291 e. The quantitative estimate of drug-likeness (QED) is 0.498. The Hall–Kier alpha value is -3.29. The molecule has 0 fully saturated rings. The molecule has 0 atom stereocenters. The normalized spacial score (nSPS) is 11.1. The van der Waals surface area contributed by atoms with Crippen LogP contribution in [0.15, 0.2) is 46.3 Å². The molecule has 22 heavy (non-hydrogen) atoms. The second-order valence-corrected chi connectivity index (χ2v) is 4.30. The SMILES string of the molecule is Cc1cc(=O)[nH]c(N/N=C\C=C\c2ccccc2[N+](=O)[O-])n1. The maximum atomic E-state index is 11.2. The number of benzene rings is 1. The minimum atomic E-state index is -0.448. The number of nitrogens with one attached hydrogen (secondary N) is 2. The summed E-state index contributed by atoms with van der Waals surface area (Å²) < 4.78 is 0. The van der Waals surface area contributed by atoms with E-state index in [9.17, 15) is 14.9 Å². The number of hydrogen-bond acceptors (Lipinski definition) is 6. The summed E-state index contributed by atoms with van der Waals surface area (Å²) in [6.07, 6.45) is 4.51. The molecule has 0 unspecified atom stereocenters. The van der Waals surface area contributed by atoms with Gasteiger partial charge in [0.05, 0.1) is 10.5 Å². The molecule has 0 amide bonds. The Balaban J connectivity index is 2.03. The standard InChI is InChI=1S/C14H13N5O3/c1-10-9-13(20)17-14(16-10)18-15-8-4-6-11-5-2-3-7-12(11)19(21)22/h2-9H,1H3,(H2,16,17,18,20)/b6-4+,15-8-. The van der Waals surface area contributed by atoms with E-state index in [0.29, 0.717) is 11.3 Å². The number of aromatic nitrogens is 2. The molecule has 0 saturated carbocycles. The zero-order chi connectivity index (χ0) is 15.9. The molecule has 0 radical (unpaired) electrons. The van der Waals surface area contributed by atoms with Crippen LogP contribution in [0.3, 0.4) is 0 Å². The molecule has 0 bridgehead atoms. The lowest BCUT2D eigenvalue weighted by atomic mass is 10.2. The van der Waals surface area contributed by atoms with E-state index in [1.54, 1.807) is 37.3 Å². The maximum Gasteiger partial charge on any atom is 0.276 e. The second kappa shape index (κ2) is 6.93. The number of anilines is 1. The van der Waals surface area contributed by atoms with E-state index in [2.05, 4.69) is 20.5 Å². The number of hydrogen-bond donors (Lipinski definition) is 2. The van der Waals surface area contributed by atoms with Gasteiger partial charge in [0.15, 0.2) is 0 Å². The van der Waals surface area contributed by atoms with Crippen LogP contribution in [0.25, 0.3) is 6.08 Å². The highest BCUT2D eigenvalue weighted by molar-refractivity contribution is 5.80. The molecule has 2 N–H and O–H groups in total. The van der Waals surface area contributed by atoms with E-state index in [1.807, 2.05) is 0 Å². The molecule has 0 saturated heterocycles. The number of H-pyrrole nitrogens is 1. The number of aryl methyl sites for hydroxylation is 1. The van der Waals surface area contributed by atoms with Crippen LogP contribution in [-0.4, -0.2) is 21.1 Å². The minimum absolute atomic E-state index is 0.0183. The van der Waals surface area contributed by atoms with Crippen LogP contribution < -0.4 is 11.0 Å². The third kappa shape index (κ3) is 4.10. The molecule has 0 aliphatic rings. The number of hydrazone groups is 1. The summed E-state index contributed by atoms with van der Waals surface area (Å²) in [5.74, 6) is 0.223. The first-order valence-corrected chi connectivity index (χ1v) is 6.33. The zero-order valence-electron chi connectivity index (χ0n) is 11.7. The Bertz CT molecular complexity index is 795. The van der Waals surface area contributed by atoms with Crippen LogP contribution in [0.2, 0.25) is 0 Å². The molecule has 1 aromatic heterocycles. The van der Waals surface area contributed by atoms with Crippen molar-refractivity contribution in [1.82, 2.24) is 9.97 Å². The number of para-hydroxylation sites is 1. The Morgan fingerprint density at radius 1 is 1.41 bits per heavy atom. The molecule has 0 spiro atoms. The van der Waals surface area contributed by atoms with Crippen molar-refractivity contribution < 1.29 is 4.92 Å². The second-order valence-electron chi connectivity index (χ2n) is 4.30. The lowest BCUT2D eigenvalue weighted by Gasteiger charge is -1.98. The van der Waals surface area contributed by atoms with Crippen LogP contribution in [0, 0.1) is 17.0 Å². The zero-order valence-corrected chi connectivity index (χ0v) is 11.7. The molecular formula is C14H13N5O3. The van der Waals surface area contributed by atoms with Crippen molar-refractivity contribution in [3.8, 4) is 0 Å². The summed E-state index contributed by atoms with van der Waals surface area (Å²) in [6.45, 7) is 1.69. The number of rotatable bonds is 5. The van der Waals surface area contributed by atoms with Gasteiger partial charge in [0.1, 0.15) is 0 Å². The van der Waals surface area contributed by atoms with Crippen LogP contribution >= 0.6 is 0 Å². The molecule has 2 rings (SSSR count). The van der Waals surface area contributed by atoms with Crippen LogP contribution in [-0.2, 0) is 0 Å². The minimum Gasteiger partial charge on any atom is -0.291 e. The number of aromatic amines is 1. The fraction of sp³-hybridized carbons (Fsp3) is 0.0714. The molecule has 0 aliphatic heterocycles. The van der Waals surface area contributed by atoms with Crippen molar-refractivity contribution in [1.29, 1.82) is 0 Å². The number of nitro benzene ring substituents is 1. The van der Waals surface area contributed by atoms with Gasteiger partial charge in [-0.25, -0.2) is 10.4 Å². The highest BCUT2D eigenvalue weighted by Crippen LogP contribution is 2.18. The molecule has 2 aromatic rings. The van der Waals surface area contributed by atoms with Gasteiger partial charge in [0.2, 0.25) is 5.95 Å². The van der Waals surface area contributed by atoms with Gasteiger partial charge in [-0.3, -0.25) is 19.9 Å². The van der Waals surface area contributed by atoms with Gasteiger partial charge in [0, 0.05) is 24.0 Å². The molecule has 0 aliphatic carbocycles. The molecule has 8 nitrogen and oxygen atoms in total. The predicted octanol–water partition coefficient (Wildman–Crippen LogP) is 2.10. The van der Waals surface area contributed by atoms with Crippen molar-refractivity contribution in [2.45, 2.75) is 6.92 Å². The molecule has 1 heterocycles. The third-order valence-electron chi connectivity index (χ3n) is 2.61. The van der Waals surface area contributed by atoms with E-state index in [0.717, 1.165) is 0 Å². The fourth-order valence-electron chi connectivity index (χ4n) is 1.71. The van der Waals surface area contributed by atoms with Gasteiger partial charge in [0.25, 0.3) is 11.2 Å². The van der Waals surface area contributed by atoms with Gasteiger partial charge < -0.3 is 0 Å². The first-order chi connectivity index (χ1) is 10.6. The number of nitrogens with zero attached hydrogens (tertiary/aromatic N) is 3. The van der Waals surface area contributed by atoms with Crippen molar-refractivity contribution in [3.63, 3.8) is 0 Å². The van der Waals surface area contributed by atoms with Crippen molar-refractivity contribution >= 4 is 23.9 Å². The summed E-state index contributed by atoms with van der Waals surface area (Å²) in [7, 11) is 0. The van der Waals surface area contributed by atoms with Crippen LogP contribution in [0.4, 0.5) is 11.6 Å². The summed E-state index contributed by atoms with van der Waals surface area (Å²) in [4.78, 5) is 28.1. The third-order valence-corrected chi connectivity index (χ3v) is 2.61. The highest BCUT2D eigenvalue weighted by Gasteiger charge is 2.08. The van der Waals surface area contributed by atoms with Gasteiger partial charge in [-0.1, -0.05) is 12.1 Å². The van der Waals surface area contributed by atoms with Crippen molar-refractivity contribution in [2.24, 2.45) is 5.10 Å². The molecule has 8 heteroatoms. The maximum absolute atomic E-state index is 11.2. The van der Waals surface area contributed by atoms with E-state index >= 15 is 0 Å². The summed E-state index contributed by atoms with van der Waals surface area (Å²) in [6, 6.07) is 7.74. The van der Waals surface area contributed by atoms with Crippen molar-refractivity contribution in [2.75, 3.05) is 5.43 Å². The molecular weight excluding hydrogens is 286 g/mol. The molecule has 112 valence electrons. The Morgan fingerprint density at radius 2 is 2.18 bits per heavy atom. The smallest absolute Gasteiger partial charge is 0.276 e. The Morgan fingerprint density at radius 3 is 2.91 bits per heavy atom. The highest BCUT2D eigenvalue weighted by atomic mass is 16.6. The summed E-state index contributed by atoms with van der Waals surface area (Å²) >= 11 is 0. The van der Waals surface area contributed by atoms with Gasteiger partial charge >= 0.3 is 0 Å². The Labute approximate surface area is 125 Å². The van der Waals surface area contributed by atoms with E-state index in [1.165, 1.54) is 18.3 Å². The summed E-state index contributed by atoms with van der Waals surface area (Å²) in [5, 5.41) is 14.7. The van der Waals surface area contributed by atoms with Gasteiger partial charge in [-0.2, -0.15) is 5.10 Å². The van der Waals surface area contributed by atoms with Crippen molar-refractivity contribution in [3.05, 3.63) is 68.1 Å². The number of allylic oxidation sites excluding steroid dienone is 1. The van der Waals surface area contributed by atoms with Crippen LogP contribution in [0.1, 0.15) is 11.3 Å². The number of nitro groups is 1. The topological polar surface area (TPSA) is 113 Å². The average molecular weight is 299 g/mol.